The summed E-state index contributed by atoms with van der Waals surface area (Å²) in [7, 11) is 1.21. The van der Waals surface area contributed by atoms with Crippen molar-refractivity contribution in [3.63, 3.8) is 0 Å². The van der Waals surface area contributed by atoms with Crippen molar-refractivity contribution in [2.24, 2.45) is 5.92 Å². The predicted molar refractivity (Wildman–Crippen MR) is 78.5 cm³/mol. The Kier molecular flexibility index (Phi) is 5.95. The number of anilines is 2. The first-order valence-electron chi connectivity index (χ1n) is 6.53. The lowest BCUT2D eigenvalue weighted by Crippen LogP contribution is -2.32. The van der Waals surface area contributed by atoms with Crippen molar-refractivity contribution < 1.29 is 18.7 Å². The molecule has 0 atom stereocenters. The normalized spacial score (nSPS) is 10.3. The zero-order chi connectivity index (χ0) is 16.0. The van der Waals surface area contributed by atoms with Crippen LogP contribution in [0.25, 0.3) is 0 Å². The summed E-state index contributed by atoms with van der Waals surface area (Å²) in [6.45, 7) is 4.37. The minimum Gasteiger partial charge on any atom is -0.465 e. The van der Waals surface area contributed by atoms with Crippen LogP contribution in [-0.4, -0.2) is 32.1 Å². The van der Waals surface area contributed by atoms with E-state index in [1.807, 2.05) is 13.8 Å². The molecule has 0 aliphatic carbocycles. The maximum absolute atomic E-state index is 13.7. The van der Waals surface area contributed by atoms with E-state index >= 15 is 0 Å². The van der Waals surface area contributed by atoms with Crippen molar-refractivity contribution in [2.45, 2.75) is 13.8 Å². The number of nitrogens with one attached hydrogen (secondary N) is 2. The van der Waals surface area contributed by atoms with Crippen LogP contribution >= 0.6 is 0 Å². The molecular weight excluding hydrogens is 277 g/mol. The molecule has 1 amide bonds. The van der Waals surface area contributed by atoms with Crippen LogP contribution in [-0.2, 0) is 9.53 Å². The molecule has 1 aromatic carbocycles. The van der Waals surface area contributed by atoms with Crippen molar-refractivity contribution in [1.82, 2.24) is 5.32 Å². The minimum atomic E-state index is -0.667. The maximum atomic E-state index is 13.7. The summed E-state index contributed by atoms with van der Waals surface area (Å²) in [5.41, 5.74) is 5.60. The zero-order valence-corrected chi connectivity index (χ0v) is 12.3. The van der Waals surface area contributed by atoms with E-state index in [1.54, 1.807) is 0 Å². The van der Waals surface area contributed by atoms with Gasteiger partial charge in [-0.25, -0.2) is 9.18 Å². The second kappa shape index (κ2) is 7.47. The molecule has 21 heavy (non-hydrogen) atoms. The summed E-state index contributed by atoms with van der Waals surface area (Å²) in [6, 6.07) is 2.24. The fourth-order valence-electron chi connectivity index (χ4n) is 1.57. The number of carbonyl (C=O) groups is 2. The average Bonchev–Trinajstić information content (AvgIpc) is 2.43. The van der Waals surface area contributed by atoms with Crippen molar-refractivity contribution in [3.05, 3.63) is 23.5 Å². The lowest BCUT2D eigenvalue weighted by atomic mass is 10.1. The molecule has 1 aromatic rings. The molecule has 0 fully saturated rings. The molecular formula is C14H20FN3O3. The van der Waals surface area contributed by atoms with Crippen molar-refractivity contribution >= 4 is 23.3 Å². The van der Waals surface area contributed by atoms with Crippen LogP contribution in [0.5, 0.6) is 0 Å². The van der Waals surface area contributed by atoms with Gasteiger partial charge in [0.15, 0.2) is 0 Å². The van der Waals surface area contributed by atoms with Gasteiger partial charge >= 0.3 is 5.97 Å². The third-order valence-electron chi connectivity index (χ3n) is 2.69. The Morgan fingerprint density at radius 1 is 1.38 bits per heavy atom. The summed E-state index contributed by atoms with van der Waals surface area (Å²) < 4.78 is 18.3. The molecule has 0 saturated carbocycles. The fourth-order valence-corrected chi connectivity index (χ4v) is 1.57. The van der Waals surface area contributed by atoms with Crippen LogP contribution in [0.15, 0.2) is 12.1 Å². The zero-order valence-electron chi connectivity index (χ0n) is 12.3. The molecule has 0 radical (unpaired) electrons. The van der Waals surface area contributed by atoms with Gasteiger partial charge in [0.2, 0.25) is 5.91 Å². The minimum absolute atomic E-state index is 0.0179. The number of hydrogen-bond donors (Lipinski definition) is 3. The second-order valence-corrected chi connectivity index (χ2v) is 4.96. The van der Waals surface area contributed by atoms with Gasteiger partial charge in [0.25, 0.3) is 0 Å². The van der Waals surface area contributed by atoms with Crippen molar-refractivity contribution in [1.29, 1.82) is 0 Å². The molecule has 0 aliphatic rings. The molecule has 1 rings (SSSR count). The van der Waals surface area contributed by atoms with Gasteiger partial charge < -0.3 is 21.1 Å². The van der Waals surface area contributed by atoms with Gasteiger partial charge in [-0.2, -0.15) is 0 Å². The van der Waals surface area contributed by atoms with E-state index in [9.17, 15) is 14.0 Å². The van der Waals surface area contributed by atoms with Gasteiger partial charge in [0, 0.05) is 12.2 Å². The molecule has 4 N–H and O–H groups in total. The van der Waals surface area contributed by atoms with Crippen molar-refractivity contribution in [2.75, 3.05) is 31.2 Å². The van der Waals surface area contributed by atoms with E-state index in [0.717, 1.165) is 6.07 Å². The Balaban J connectivity index is 2.75. The van der Waals surface area contributed by atoms with Crippen LogP contribution in [0.3, 0.4) is 0 Å². The van der Waals surface area contributed by atoms with Gasteiger partial charge in [0.05, 0.1) is 24.9 Å². The number of hydrogen-bond acceptors (Lipinski definition) is 5. The monoisotopic (exact) mass is 297 g/mol. The summed E-state index contributed by atoms with van der Waals surface area (Å²) in [5, 5.41) is 5.32. The van der Waals surface area contributed by atoms with Crippen LogP contribution < -0.4 is 16.4 Å². The third kappa shape index (κ3) is 4.94. The first kappa shape index (κ1) is 16.7. The summed E-state index contributed by atoms with van der Waals surface area (Å²) >= 11 is 0. The second-order valence-electron chi connectivity index (χ2n) is 4.96. The number of nitrogens with two attached hydrogens (primary N) is 1. The molecule has 0 aliphatic heterocycles. The van der Waals surface area contributed by atoms with Crippen molar-refractivity contribution in [3.8, 4) is 0 Å². The van der Waals surface area contributed by atoms with Gasteiger partial charge in [-0.3, -0.25) is 4.79 Å². The smallest absolute Gasteiger partial charge is 0.340 e. The number of amides is 1. The highest BCUT2D eigenvalue weighted by molar-refractivity contribution is 5.96. The average molecular weight is 297 g/mol. The first-order valence-corrected chi connectivity index (χ1v) is 6.53. The number of nitrogen functional groups attached to an aromatic ring is 1. The number of carbonyl (C=O) groups excluding carboxylic acids is 2. The van der Waals surface area contributed by atoms with Gasteiger partial charge in [-0.15, -0.1) is 0 Å². The highest BCUT2D eigenvalue weighted by Crippen LogP contribution is 2.22. The quantitative estimate of drug-likeness (QED) is 0.545. The Morgan fingerprint density at radius 2 is 2.05 bits per heavy atom. The number of ether oxygens (including phenoxy) is 1. The molecule has 7 heteroatoms. The lowest BCUT2D eigenvalue weighted by molar-refractivity contribution is -0.119. The van der Waals surface area contributed by atoms with Gasteiger partial charge in [-0.05, 0) is 18.1 Å². The Bertz CT molecular complexity index is 532. The lowest BCUT2D eigenvalue weighted by Gasteiger charge is -2.12. The standard InChI is InChI=1S/C14H20FN3O3/c1-8(2)6-18-13(19)7-17-12-4-9(14(20)21-3)11(16)5-10(12)15/h4-5,8,17H,6-7,16H2,1-3H3,(H,18,19). The molecule has 116 valence electrons. The fraction of sp³-hybridized carbons (Fsp3) is 0.429. The Morgan fingerprint density at radius 3 is 2.62 bits per heavy atom. The predicted octanol–water partition coefficient (Wildman–Crippen LogP) is 1.38. The van der Waals surface area contributed by atoms with Crippen LogP contribution in [0.2, 0.25) is 0 Å². The van der Waals surface area contributed by atoms with Gasteiger partial charge in [-0.1, -0.05) is 13.8 Å². The van der Waals surface area contributed by atoms with E-state index in [-0.39, 0.29) is 29.4 Å². The summed E-state index contributed by atoms with van der Waals surface area (Å²) in [5.74, 6) is -1.25. The number of halogens is 1. The largest absolute Gasteiger partial charge is 0.465 e. The molecule has 0 aromatic heterocycles. The molecule has 6 nitrogen and oxygen atoms in total. The Hall–Kier alpha value is -2.31. The number of benzene rings is 1. The number of methoxy groups -OCH3 is 1. The summed E-state index contributed by atoms with van der Waals surface area (Å²) in [6.07, 6.45) is 0. The molecule has 0 saturated heterocycles. The molecule has 0 unspecified atom stereocenters. The number of rotatable bonds is 6. The maximum Gasteiger partial charge on any atom is 0.340 e. The highest BCUT2D eigenvalue weighted by Gasteiger charge is 2.15. The first-order chi connectivity index (χ1) is 9.85. The van der Waals surface area contributed by atoms with Crippen LogP contribution in [0.1, 0.15) is 24.2 Å². The van der Waals surface area contributed by atoms with E-state index in [0.29, 0.717) is 12.5 Å². The van der Waals surface area contributed by atoms with E-state index < -0.39 is 11.8 Å². The molecule has 0 spiro atoms. The van der Waals surface area contributed by atoms with E-state index in [2.05, 4.69) is 15.4 Å². The number of esters is 1. The van der Waals surface area contributed by atoms with E-state index in [4.69, 9.17) is 5.73 Å². The van der Waals surface area contributed by atoms with Gasteiger partial charge in [0.1, 0.15) is 5.82 Å². The topological polar surface area (TPSA) is 93.4 Å². The SMILES string of the molecule is COC(=O)c1cc(NCC(=O)NCC(C)C)c(F)cc1N. The molecule has 0 heterocycles. The summed E-state index contributed by atoms with van der Waals surface area (Å²) in [4.78, 5) is 23.0. The van der Waals surface area contributed by atoms with Crippen LogP contribution in [0.4, 0.5) is 15.8 Å². The molecule has 0 bridgehead atoms. The highest BCUT2D eigenvalue weighted by atomic mass is 19.1. The Labute approximate surface area is 122 Å². The van der Waals surface area contributed by atoms with Crippen LogP contribution in [0, 0.1) is 11.7 Å². The van der Waals surface area contributed by atoms with E-state index in [1.165, 1.54) is 13.2 Å². The third-order valence-corrected chi connectivity index (χ3v) is 2.69.